The summed E-state index contributed by atoms with van der Waals surface area (Å²) in [5, 5.41) is 19.8. The number of aliphatic hydroxyl groups excluding tert-OH is 1. The maximum atomic E-state index is 10.9. The Kier molecular flexibility index (Phi) is 3.45. The minimum Gasteiger partial charge on any atom is -0.485 e. The highest BCUT2D eigenvalue weighted by Gasteiger charge is 2.47. The third kappa shape index (κ3) is 2.18. The second-order valence-electron chi connectivity index (χ2n) is 6.26. The predicted octanol–water partition coefficient (Wildman–Crippen LogP) is 1.34. The van der Waals surface area contributed by atoms with Crippen molar-refractivity contribution in [1.29, 1.82) is 5.26 Å². The molecule has 22 heavy (non-hydrogen) atoms. The molecule has 2 heterocycles. The van der Waals surface area contributed by atoms with Crippen LogP contribution in [0.1, 0.15) is 25.5 Å². The van der Waals surface area contributed by atoms with Crippen LogP contribution in [0.5, 0.6) is 5.75 Å². The number of nitriles is 1. The van der Waals surface area contributed by atoms with Crippen LogP contribution in [0.2, 0.25) is 0 Å². The first-order valence-corrected chi connectivity index (χ1v) is 7.36. The molecule has 1 aromatic rings. The van der Waals surface area contributed by atoms with Crippen molar-refractivity contribution in [2.75, 3.05) is 20.1 Å². The van der Waals surface area contributed by atoms with Crippen LogP contribution >= 0.6 is 0 Å². The number of guanidine groups is 1. The molecular weight excluding hydrogens is 280 g/mol. The van der Waals surface area contributed by atoms with Gasteiger partial charge >= 0.3 is 0 Å². The van der Waals surface area contributed by atoms with Gasteiger partial charge in [0.1, 0.15) is 17.5 Å². The Labute approximate surface area is 130 Å². The van der Waals surface area contributed by atoms with Crippen molar-refractivity contribution in [2.45, 2.75) is 31.6 Å². The minimum atomic E-state index is -0.724. The van der Waals surface area contributed by atoms with E-state index in [1.165, 1.54) is 0 Å². The Morgan fingerprint density at radius 1 is 1.36 bits per heavy atom. The summed E-state index contributed by atoms with van der Waals surface area (Å²) < 4.78 is 5.95. The summed E-state index contributed by atoms with van der Waals surface area (Å²) in [7, 11) is 1.90. The molecule has 0 saturated carbocycles. The van der Waals surface area contributed by atoms with Crippen LogP contribution in [0.25, 0.3) is 0 Å². The molecule has 0 amide bonds. The highest BCUT2D eigenvalue weighted by Crippen LogP contribution is 2.43. The van der Waals surface area contributed by atoms with Gasteiger partial charge in [0.25, 0.3) is 0 Å². The van der Waals surface area contributed by atoms with Crippen LogP contribution in [-0.4, -0.2) is 52.7 Å². The molecule has 0 spiro atoms. The Balaban J connectivity index is 2.09. The minimum absolute atomic E-state index is 0.281. The zero-order valence-electron chi connectivity index (χ0n) is 13.0. The molecule has 2 aliphatic rings. The molecule has 1 aromatic carbocycles. The van der Waals surface area contributed by atoms with Gasteiger partial charge < -0.3 is 19.6 Å². The first-order valence-electron chi connectivity index (χ1n) is 7.36. The number of benzene rings is 1. The molecule has 0 radical (unpaired) electrons. The van der Waals surface area contributed by atoms with E-state index in [0.717, 1.165) is 17.9 Å². The SMILES string of the molecule is CN1CCN(C2c3ccccc3OC(C)(C)C2O)C1=NC#N. The lowest BCUT2D eigenvalue weighted by molar-refractivity contribution is -0.0801. The monoisotopic (exact) mass is 300 g/mol. The molecule has 3 rings (SSSR count). The lowest BCUT2D eigenvalue weighted by atomic mass is 9.85. The summed E-state index contributed by atoms with van der Waals surface area (Å²) in [6.45, 7) is 5.24. The van der Waals surface area contributed by atoms with Crippen LogP contribution in [0.3, 0.4) is 0 Å². The molecule has 0 aliphatic carbocycles. The molecular formula is C16H20N4O2. The standard InChI is InChI=1S/C16H20N4O2/c1-16(2)14(21)13(11-6-4-5-7-12(11)22-16)20-9-8-19(3)15(20)18-10-17/h4-7,13-14,21H,8-9H2,1-3H3. The third-order valence-corrected chi connectivity index (χ3v) is 4.38. The fourth-order valence-electron chi connectivity index (χ4n) is 3.18. The van der Waals surface area contributed by atoms with E-state index < -0.39 is 11.7 Å². The van der Waals surface area contributed by atoms with E-state index in [1.54, 1.807) is 0 Å². The van der Waals surface area contributed by atoms with Gasteiger partial charge in [-0.15, -0.1) is 4.99 Å². The molecule has 1 N–H and O–H groups in total. The number of para-hydroxylation sites is 1. The van der Waals surface area contributed by atoms with E-state index in [4.69, 9.17) is 10.00 Å². The lowest BCUT2D eigenvalue weighted by Crippen LogP contribution is -2.54. The van der Waals surface area contributed by atoms with E-state index in [-0.39, 0.29) is 6.04 Å². The normalized spacial score (nSPS) is 28.2. The number of rotatable bonds is 1. The average Bonchev–Trinajstić information content (AvgIpc) is 2.82. The quantitative estimate of drug-likeness (QED) is 0.793. The van der Waals surface area contributed by atoms with Crippen molar-refractivity contribution in [3.8, 4) is 11.9 Å². The third-order valence-electron chi connectivity index (χ3n) is 4.38. The largest absolute Gasteiger partial charge is 0.485 e. The van der Waals surface area contributed by atoms with Crippen LogP contribution < -0.4 is 4.74 Å². The van der Waals surface area contributed by atoms with Crippen molar-refractivity contribution < 1.29 is 9.84 Å². The van der Waals surface area contributed by atoms with E-state index in [0.29, 0.717) is 12.5 Å². The van der Waals surface area contributed by atoms with Crippen LogP contribution in [0.15, 0.2) is 29.3 Å². The van der Waals surface area contributed by atoms with Gasteiger partial charge in [0.05, 0.1) is 6.04 Å². The summed E-state index contributed by atoms with van der Waals surface area (Å²) in [4.78, 5) is 7.87. The van der Waals surface area contributed by atoms with Crippen LogP contribution in [0, 0.1) is 11.5 Å². The fraction of sp³-hybridized carbons (Fsp3) is 0.500. The number of aliphatic imine (C=N–C) groups is 1. The maximum absolute atomic E-state index is 10.9. The zero-order valence-corrected chi connectivity index (χ0v) is 13.0. The molecule has 6 nitrogen and oxygen atoms in total. The molecule has 1 saturated heterocycles. The molecule has 0 aromatic heterocycles. The molecule has 116 valence electrons. The van der Waals surface area contributed by atoms with Gasteiger partial charge in [0.2, 0.25) is 12.2 Å². The van der Waals surface area contributed by atoms with Gasteiger partial charge in [0.15, 0.2) is 0 Å². The van der Waals surface area contributed by atoms with Gasteiger partial charge in [-0.25, -0.2) is 0 Å². The van der Waals surface area contributed by atoms with Gasteiger partial charge in [-0.3, -0.25) is 0 Å². The molecule has 2 atom stereocenters. The summed E-state index contributed by atoms with van der Waals surface area (Å²) >= 11 is 0. The highest BCUT2D eigenvalue weighted by atomic mass is 16.5. The summed E-state index contributed by atoms with van der Waals surface area (Å²) in [5.41, 5.74) is 0.216. The second-order valence-corrected chi connectivity index (χ2v) is 6.26. The number of hydrogen-bond acceptors (Lipinski definition) is 4. The van der Waals surface area contributed by atoms with Gasteiger partial charge in [-0.05, 0) is 19.9 Å². The van der Waals surface area contributed by atoms with Gasteiger partial charge in [-0.1, -0.05) is 18.2 Å². The van der Waals surface area contributed by atoms with Crippen LogP contribution in [-0.2, 0) is 0 Å². The molecule has 6 heteroatoms. The average molecular weight is 300 g/mol. The van der Waals surface area contributed by atoms with Crippen molar-refractivity contribution in [3.63, 3.8) is 0 Å². The number of hydrogen-bond donors (Lipinski definition) is 1. The molecule has 1 fully saturated rings. The second kappa shape index (κ2) is 5.18. The smallest absolute Gasteiger partial charge is 0.213 e. The highest BCUT2D eigenvalue weighted by molar-refractivity contribution is 5.83. The molecule has 2 aliphatic heterocycles. The Morgan fingerprint density at radius 2 is 2.09 bits per heavy atom. The Hall–Kier alpha value is -2.26. The summed E-state index contributed by atoms with van der Waals surface area (Å²) in [5.74, 6) is 1.37. The predicted molar refractivity (Wildman–Crippen MR) is 82.3 cm³/mol. The van der Waals surface area contributed by atoms with Crippen molar-refractivity contribution in [3.05, 3.63) is 29.8 Å². The molecule has 0 bridgehead atoms. The van der Waals surface area contributed by atoms with E-state index in [1.807, 2.05) is 61.2 Å². The number of fused-ring (bicyclic) bond motifs is 1. The maximum Gasteiger partial charge on any atom is 0.213 e. The van der Waals surface area contributed by atoms with Crippen molar-refractivity contribution >= 4 is 5.96 Å². The number of nitrogens with zero attached hydrogens (tertiary/aromatic N) is 4. The van der Waals surface area contributed by atoms with Crippen molar-refractivity contribution in [1.82, 2.24) is 9.80 Å². The van der Waals surface area contributed by atoms with E-state index >= 15 is 0 Å². The van der Waals surface area contributed by atoms with Gasteiger partial charge in [0, 0.05) is 25.7 Å². The summed E-state index contributed by atoms with van der Waals surface area (Å²) in [6, 6.07) is 7.44. The van der Waals surface area contributed by atoms with Crippen LogP contribution in [0.4, 0.5) is 0 Å². The first-order chi connectivity index (χ1) is 10.5. The van der Waals surface area contributed by atoms with E-state index in [2.05, 4.69) is 4.99 Å². The Bertz CT molecular complexity index is 650. The number of likely N-dealkylation sites (N-methyl/N-ethyl adjacent to an activating group) is 1. The topological polar surface area (TPSA) is 72.1 Å². The number of ether oxygens (including phenoxy) is 1. The molecule has 2 unspecified atom stereocenters. The van der Waals surface area contributed by atoms with E-state index in [9.17, 15) is 5.11 Å². The fourth-order valence-corrected chi connectivity index (χ4v) is 3.18. The summed E-state index contributed by atoms with van der Waals surface area (Å²) in [6.07, 6.45) is 1.14. The Morgan fingerprint density at radius 3 is 2.82 bits per heavy atom. The van der Waals surface area contributed by atoms with Gasteiger partial charge in [-0.2, -0.15) is 5.26 Å². The lowest BCUT2D eigenvalue weighted by Gasteiger charge is -2.45. The first kappa shape index (κ1) is 14.7. The zero-order chi connectivity index (χ0) is 15.9. The number of aliphatic hydroxyl groups is 1. The van der Waals surface area contributed by atoms with Crippen molar-refractivity contribution in [2.24, 2.45) is 4.99 Å².